The number of likely N-dealkylation sites (tertiary alicyclic amines) is 1. The predicted octanol–water partition coefficient (Wildman–Crippen LogP) is 0.274. The first-order valence-corrected chi connectivity index (χ1v) is 5.72. The van der Waals surface area contributed by atoms with E-state index in [1.54, 1.807) is 11.0 Å². The number of carbonyl (C=O) groups excluding carboxylic acids is 1. The van der Waals surface area contributed by atoms with Gasteiger partial charge in [-0.15, -0.1) is 0 Å². The van der Waals surface area contributed by atoms with E-state index in [0.29, 0.717) is 18.7 Å². The Morgan fingerprint density at radius 1 is 1.59 bits per heavy atom. The topological polar surface area (TPSA) is 56.9 Å². The number of carbonyl (C=O) groups is 1. The zero-order valence-electron chi connectivity index (χ0n) is 10.2. The molecule has 1 fully saturated rings. The summed E-state index contributed by atoms with van der Waals surface area (Å²) in [5, 5.41) is 9.33. The molecule has 0 unspecified atom stereocenters. The van der Waals surface area contributed by atoms with Crippen LogP contribution in [0, 0.1) is 5.92 Å². The van der Waals surface area contributed by atoms with E-state index in [2.05, 4.69) is 4.90 Å². The van der Waals surface area contributed by atoms with E-state index < -0.39 is 0 Å². The highest BCUT2D eigenvalue weighted by Crippen LogP contribution is 2.22. The van der Waals surface area contributed by atoms with Crippen molar-refractivity contribution in [2.75, 3.05) is 33.8 Å². The van der Waals surface area contributed by atoms with Crippen molar-refractivity contribution in [3.05, 3.63) is 24.2 Å². The third-order valence-electron chi connectivity index (χ3n) is 3.36. The lowest BCUT2D eigenvalue weighted by Gasteiger charge is -2.23. The number of amides is 1. The molecule has 2 heterocycles. The maximum absolute atomic E-state index is 12.1. The quantitative estimate of drug-likeness (QED) is 0.821. The monoisotopic (exact) mass is 238 g/mol. The molecule has 0 saturated carbocycles. The Bertz CT molecular complexity index is 375. The maximum Gasteiger partial charge on any atom is 0.257 e. The lowest BCUT2D eigenvalue weighted by atomic mass is 10.0. The van der Waals surface area contributed by atoms with Crippen LogP contribution in [0.1, 0.15) is 10.4 Å². The number of hydrogen-bond acceptors (Lipinski definition) is 4. The Kier molecular flexibility index (Phi) is 3.49. The Morgan fingerprint density at radius 3 is 2.82 bits per heavy atom. The fourth-order valence-corrected chi connectivity index (χ4v) is 2.35. The van der Waals surface area contributed by atoms with Gasteiger partial charge in [0.15, 0.2) is 0 Å². The van der Waals surface area contributed by atoms with Crippen molar-refractivity contribution in [2.45, 2.75) is 6.04 Å². The molecule has 1 saturated heterocycles. The van der Waals surface area contributed by atoms with Crippen LogP contribution >= 0.6 is 0 Å². The predicted molar refractivity (Wildman–Crippen MR) is 62.7 cm³/mol. The smallest absolute Gasteiger partial charge is 0.257 e. The minimum atomic E-state index is -0.0263. The van der Waals surface area contributed by atoms with Crippen LogP contribution in [0.25, 0.3) is 0 Å². The number of likely N-dealkylation sites (N-methyl/N-ethyl adjacent to an activating group) is 1. The molecule has 2 atom stereocenters. The molecule has 0 aliphatic carbocycles. The van der Waals surface area contributed by atoms with Crippen molar-refractivity contribution >= 4 is 5.91 Å². The van der Waals surface area contributed by atoms with Gasteiger partial charge in [0.25, 0.3) is 5.91 Å². The molecule has 0 aromatic carbocycles. The second-order valence-electron chi connectivity index (χ2n) is 4.70. The molecule has 1 aromatic rings. The number of rotatable bonds is 3. The van der Waals surface area contributed by atoms with Crippen molar-refractivity contribution in [1.29, 1.82) is 0 Å². The molecule has 5 heteroatoms. The van der Waals surface area contributed by atoms with Gasteiger partial charge in [-0.05, 0) is 20.2 Å². The number of nitrogens with zero attached hydrogens (tertiary/aromatic N) is 2. The van der Waals surface area contributed by atoms with Gasteiger partial charge in [0.05, 0.1) is 11.8 Å². The van der Waals surface area contributed by atoms with Gasteiger partial charge in [0.2, 0.25) is 0 Å². The highest BCUT2D eigenvalue weighted by molar-refractivity contribution is 5.94. The van der Waals surface area contributed by atoms with E-state index in [1.807, 2.05) is 14.1 Å². The fraction of sp³-hybridized carbons (Fsp3) is 0.583. The molecule has 0 spiro atoms. The van der Waals surface area contributed by atoms with E-state index in [0.717, 1.165) is 0 Å². The molecule has 94 valence electrons. The minimum absolute atomic E-state index is 0.0263. The summed E-state index contributed by atoms with van der Waals surface area (Å²) in [5.41, 5.74) is 0.570. The Hall–Kier alpha value is -1.33. The van der Waals surface area contributed by atoms with Gasteiger partial charge < -0.3 is 19.3 Å². The molecule has 1 aliphatic rings. The highest BCUT2D eigenvalue weighted by atomic mass is 16.3. The minimum Gasteiger partial charge on any atom is -0.472 e. The molecule has 1 N–H and O–H groups in total. The summed E-state index contributed by atoms with van der Waals surface area (Å²) >= 11 is 0. The summed E-state index contributed by atoms with van der Waals surface area (Å²) in [7, 11) is 3.94. The average Bonchev–Trinajstić information content (AvgIpc) is 2.97. The van der Waals surface area contributed by atoms with Gasteiger partial charge in [-0.1, -0.05) is 0 Å². The van der Waals surface area contributed by atoms with Crippen LogP contribution in [-0.2, 0) is 0 Å². The van der Waals surface area contributed by atoms with Gasteiger partial charge in [0.1, 0.15) is 6.26 Å². The lowest BCUT2D eigenvalue weighted by molar-refractivity contribution is 0.0778. The third kappa shape index (κ3) is 2.35. The molecular formula is C12H18N2O3. The summed E-state index contributed by atoms with van der Waals surface area (Å²) in [4.78, 5) is 15.9. The summed E-state index contributed by atoms with van der Waals surface area (Å²) in [6.07, 6.45) is 2.95. The Morgan fingerprint density at radius 2 is 2.35 bits per heavy atom. The standard InChI is InChI=1S/C12H18N2O3/c1-13(2)11-6-14(5-10(11)7-15)12(16)9-3-4-17-8-9/h3-4,8,10-11,15H,5-7H2,1-2H3/t10-,11+/m0/s1. The highest BCUT2D eigenvalue weighted by Gasteiger charge is 2.36. The van der Waals surface area contributed by atoms with E-state index in [-0.39, 0.29) is 24.5 Å². The third-order valence-corrected chi connectivity index (χ3v) is 3.36. The number of furan rings is 1. The molecule has 1 aliphatic heterocycles. The van der Waals surface area contributed by atoms with E-state index in [1.165, 1.54) is 12.5 Å². The first kappa shape index (κ1) is 12.1. The first-order chi connectivity index (χ1) is 8.13. The normalized spacial score (nSPS) is 24.6. The molecule has 17 heavy (non-hydrogen) atoms. The van der Waals surface area contributed by atoms with Crippen LogP contribution in [0.5, 0.6) is 0 Å². The van der Waals surface area contributed by atoms with Crippen molar-refractivity contribution in [1.82, 2.24) is 9.80 Å². The Balaban J connectivity index is 2.07. The summed E-state index contributed by atoms with van der Waals surface area (Å²) in [6.45, 7) is 1.36. The van der Waals surface area contributed by atoms with Crippen LogP contribution in [0.3, 0.4) is 0 Å². The molecule has 0 bridgehead atoms. The van der Waals surface area contributed by atoms with Crippen LogP contribution < -0.4 is 0 Å². The van der Waals surface area contributed by atoms with Gasteiger partial charge >= 0.3 is 0 Å². The molecule has 1 amide bonds. The second kappa shape index (κ2) is 4.89. The van der Waals surface area contributed by atoms with Crippen molar-refractivity contribution in [3.8, 4) is 0 Å². The number of aliphatic hydroxyl groups excluding tert-OH is 1. The summed E-state index contributed by atoms with van der Waals surface area (Å²) < 4.78 is 4.92. The maximum atomic E-state index is 12.1. The fourth-order valence-electron chi connectivity index (χ4n) is 2.35. The average molecular weight is 238 g/mol. The molecule has 0 radical (unpaired) electrons. The van der Waals surface area contributed by atoms with Crippen molar-refractivity contribution < 1.29 is 14.3 Å². The van der Waals surface area contributed by atoms with Crippen molar-refractivity contribution in [3.63, 3.8) is 0 Å². The first-order valence-electron chi connectivity index (χ1n) is 5.72. The zero-order valence-corrected chi connectivity index (χ0v) is 10.2. The molecule has 5 nitrogen and oxygen atoms in total. The lowest BCUT2D eigenvalue weighted by Crippen LogP contribution is -2.37. The largest absolute Gasteiger partial charge is 0.472 e. The van der Waals surface area contributed by atoms with Gasteiger partial charge in [-0.2, -0.15) is 0 Å². The number of hydrogen-bond donors (Lipinski definition) is 1. The molecular weight excluding hydrogens is 220 g/mol. The van der Waals surface area contributed by atoms with E-state index >= 15 is 0 Å². The van der Waals surface area contributed by atoms with Crippen LogP contribution in [0.2, 0.25) is 0 Å². The van der Waals surface area contributed by atoms with Gasteiger partial charge in [-0.25, -0.2) is 0 Å². The van der Waals surface area contributed by atoms with Crippen LogP contribution in [0.15, 0.2) is 23.0 Å². The summed E-state index contributed by atoms with van der Waals surface area (Å²) in [6, 6.07) is 1.88. The van der Waals surface area contributed by atoms with Gasteiger partial charge in [0, 0.05) is 31.7 Å². The molecule has 1 aromatic heterocycles. The second-order valence-corrected chi connectivity index (χ2v) is 4.70. The van der Waals surface area contributed by atoms with Gasteiger partial charge in [-0.3, -0.25) is 4.79 Å². The van der Waals surface area contributed by atoms with E-state index in [9.17, 15) is 9.90 Å². The van der Waals surface area contributed by atoms with E-state index in [4.69, 9.17) is 4.42 Å². The SMILES string of the molecule is CN(C)[C@@H]1CN(C(=O)c2ccoc2)C[C@H]1CO. The Labute approximate surface area is 101 Å². The number of aliphatic hydroxyl groups is 1. The summed E-state index contributed by atoms with van der Waals surface area (Å²) in [5.74, 6) is 0.0994. The van der Waals surface area contributed by atoms with Crippen molar-refractivity contribution in [2.24, 2.45) is 5.92 Å². The van der Waals surface area contributed by atoms with Crippen LogP contribution in [-0.4, -0.2) is 60.6 Å². The molecule has 2 rings (SSSR count). The zero-order chi connectivity index (χ0) is 12.4. The van der Waals surface area contributed by atoms with Crippen LogP contribution in [0.4, 0.5) is 0 Å².